The van der Waals surface area contributed by atoms with Gasteiger partial charge in [-0.3, -0.25) is 9.59 Å². The number of likely N-dealkylation sites (N-methyl/N-ethyl adjacent to an activating group) is 1. The molecule has 5 nitrogen and oxygen atoms in total. The highest BCUT2D eigenvalue weighted by atomic mass is 35.5. The first-order valence-electron chi connectivity index (χ1n) is 10.6. The monoisotopic (exact) mass is 479 g/mol. The van der Waals surface area contributed by atoms with Crippen molar-refractivity contribution in [2.24, 2.45) is 10.9 Å². The Morgan fingerprint density at radius 2 is 1.76 bits per heavy atom. The van der Waals surface area contributed by atoms with Crippen molar-refractivity contribution in [3.63, 3.8) is 0 Å². The summed E-state index contributed by atoms with van der Waals surface area (Å²) < 4.78 is 0. The third-order valence-electron chi connectivity index (χ3n) is 5.66. The van der Waals surface area contributed by atoms with Crippen molar-refractivity contribution in [3.05, 3.63) is 99.5 Å². The van der Waals surface area contributed by atoms with E-state index >= 15 is 0 Å². The molecule has 0 saturated carbocycles. The number of amides is 2. The molecule has 0 aliphatic carbocycles. The van der Waals surface area contributed by atoms with Gasteiger partial charge in [0.15, 0.2) is 0 Å². The van der Waals surface area contributed by atoms with Crippen LogP contribution in [0.2, 0.25) is 10.0 Å². The van der Waals surface area contributed by atoms with Gasteiger partial charge in [-0.1, -0.05) is 84.7 Å². The lowest BCUT2D eigenvalue weighted by molar-refractivity contribution is -0.129. The molecule has 0 radical (unpaired) electrons. The Balaban J connectivity index is 1.63. The van der Waals surface area contributed by atoms with Crippen LogP contribution in [0.25, 0.3) is 0 Å². The van der Waals surface area contributed by atoms with Crippen LogP contribution in [-0.2, 0) is 16.0 Å². The van der Waals surface area contributed by atoms with Crippen LogP contribution in [0.15, 0.2) is 77.8 Å². The molecule has 2 atom stereocenters. The molecular weight excluding hydrogens is 457 g/mol. The van der Waals surface area contributed by atoms with Gasteiger partial charge in [0.1, 0.15) is 0 Å². The molecule has 0 unspecified atom stereocenters. The second-order valence-electron chi connectivity index (χ2n) is 8.01. The number of fused-ring (bicyclic) bond motifs is 1. The number of carbonyl (C=O) groups is 2. The van der Waals surface area contributed by atoms with E-state index in [1.165, 1.54) is 0 Å². The van der Waals surface area contributed by atoms with Crippen molar-refractivity contribution in [1.82, 2.24) is 5.32 Å². The van der Waals surface area contributed by atoms with Crippen molar-refractivity contribution in [1.29, 1.82) is 0 Å². The van der Waals surface area contributed by atoms with E-state index in [0.717, 1.165) is 22.4 Å². The summed E-state index contributed by atoms with van der Waals surface area (Å²) in [5.74, 6) is -1.02. The molecule has 33 heavy (non-hydrogen) atoms. The first-order chi connectivity index (χ1) is 15.8. The SMILES string of the molecule is C[C@@H](Cc1ccc(Cl)cc1Cl)C(=O)N[C@H]1N=C(c2ccccc2)c2ccccc2N(C)C1=O. The van der Waals surface area contributed by atoms with Crippen molar-refractivity contribution < 1.29 is 9.59 Å². The lowest BCUT2D eigenvalue weighted by Gasteiger charge is -2.22. The maximum atomic E-state index is 13.3. The lowest BCUT2D eigenvalue weighted by Crippen LogP contribution is -2.47. The van der Waals surface area contributed by atoms with Crippen LogP contribution in [-0.4, -0.2) is 30.7 Å². The number of hydrogen-bond donors (Lipinski definition) is 1. The molecular formula is C26H23Cl2N3O2. The number of benzodiazepines with no additional fused rings is 1. The number of rotatable bonds is 5. The summed E-state index contributed by atoms with van der Waals surface area (Å²) in [7, 11) is 1.70. The van der Waals surface area contributed by atoms with E-state index in [0.29, 0.717) is 22.2 Å². The molecule has 7 heteroatoms. The molecule has 3 aromatic carbocycles. The van der Waals surface area contributed by atoms with Gasteiger partial charge in [-0.15, -0.1) is 0 Å². The number of para-hydroxylation sites is 1. The number of benzene rings is 3. The maximum Gasteiger partial charge on any atom is 0.272 e. The zero-order valence-electron chi connectivity index (χ0n) is 18.3. The second kappa shape index (κ2) is 9.77. The fourth-order valence-corrected chi connectivity index (χ4v) is 4.31. The van der Waals surface area contributed by atoms with Gasteiger partial charge in [0, 0.05) is 34.1 Å². The molecule has 3 aromatic rings. The van der Waals surface area contributed by atoms with E-state index < -0.39 is 12.1 Å². The van der Waals surface area contributed by atoms with Crippen LogP contribution in [0.5, 0.6) is 0 Å². The summed E-state index contributed by atoms with van der Waals surface area (Å²) in [4.78, 5) is 32.6. The minimum atomic E-state index is -1.05. The number of hydrogen-bond acceptors (Lipinski definition) is 3. The van der Waals surface area contributed by atoms with Gasteiger partial charge in [-0.2, -0.15) is 0 Å². The van der Waals surface area contributed by atoms with E-state index in [2.05, 4.69) is 5.32 Å². The number of aliphatic imine (C=N–C) groups is 1. The summed E-state index contributed by atoms with van der Waals surface area (Å²) in [5, 5.41) is 3.88. The van der Waals surface area contributed by atoms with E-state index in [1.807, 2.05) is 54.6 Å². The molecule has 168 valence electrons. The zero-order chi connectivity index (χ0) is 23.5. The Hall–Kier alpha value is -3.15. The van der Waals surface area contributed by atoms with Crippen molar-refractivity contribution >= 4 is 46.4 Å². The topological polar surface area (TPSA) is 61.8 Å². The van der Waals surface area contributed by atoms with E-state index in [-0.39, 0.29) is 11.8 Å². The van der Waals surface area contributed by atoms with Crippen LogP contribution in [0.1, 0.15) is 23.6 Å². The Morgan fingerprint density at radius 3 is 2.48 bits per heavy atom. The van der Waals surface area contributed by atoms with Crippen molar-refractivity contribution in [2.75, 3.05) is 11.9 Å². The van der Waals surface area contributed by atoms with Crippen LogP contribution in [0.3, 0.4) is 0 Å². The summed E-state index contributed by atoms with van der Waals surface area (Å²) in [6, 6.07) is 22.4. The molecule has 1 heterocycles. The third-order valence-corrected chi connectivity index (χ3v) is 6.25. The van der Waals surface area contributed by atoms with Gasteiger partial charge in [0.05, 0.1) is 11.4 Å². The Kier molecular flexibility index (Phi) is 6.82. The summed E-state index contributed by atoms with van der Waals surface area (Å²) in [5.41, 5.74) is 3.91. The van der Waals surface area contributed by atoms with Gasteiger partial charge >= 0.3 is 0 Å². The minimum absolute atomic E-state index is 0.283. The molecule has 1 N–H and O–H groups in total. The van der Waals surface area contributed by atoms with Crippen molar-refractivity contribution in [3.8, 4) is 0 Å². The van der Waals surface area contributed by atoms with Gasteiger partial charge in [-0.05, 0) is 30.2 Å². The quantitative estimate of drug-likeness (QED) is 0.551. The largest absolute Gasteiger partial charge is 0.326 e. The normalized spacial score (nSPS) is 16.5. The molecule has 4 rings (SSSR count). The van der Waals surface area contributed by atoms with Gasteiger partial charge in [-0.25, -0.2) is 4.99 Å². The summed E-state index contributed by atoms with van der Waals surface area (Å²) >= 11 is 12.2. The zero-order valence-corrected chi connectivity index (χ0v) is 19.8. The second-order valence-corrected chi connectivity index (χ2v) is 8.85. The first kappa shape index (κ1) is 23.0. The average molecular weight is 480 g/mol. The minimum Gasteiger partial charge on any atom is -0.326 e. The number of nitrogens with one attached hydrogen (secondary N) is 1. The van der Waals surface area contributed by atoms with Crippen LogP contribution >= 0.6 is 23.2 Å². The molecule has 1 aliphatic rings. The number of halogens is 2. The average Bonchev–Trinajstić information content (AvgIpc) is 2.92. The first-order valence-corrected chi connectivity index (χ1v) is 11.3. The number of carbonyl (C=O) groups excluding carboxylic acids is 2. The summed E-state index contributed by atoms with van der Waals surface area (Å²) in [6.45, 7) is 1.79. The third kappa shape index (κ3) is 4.95. The van der Waals surface area contributed by atoms with E-state index in [1.54, 1.807) is 37.1 Å². The lowest BCUT2D eigenvalue weighted by atomic mass is 10.00. The predicted molar refractivity (Wildman–Crippen MR) is 133 cm³/mol. The van der Waals surface area contributed by atoms with Crippen LogP contribution < -0.4 is 10.2 Å². The molecule has 1 aliphatic heterocycles. The molecule has 0 aromatic heterocycles. The highest BCUT2D eigenvalue weighted by Gasteiger charge is 2.31. The van der Waals surface area contributed by atoms with Gasteiger partial charge < -0.3 is 10.2 Å². The van der Waals surface area contributed by atoms with Crippen molar-refractivity contribution in [2.45, 2.75) is 19.5 Å². The molecule has 0 fully saturated rings. The number of nitrogens with zero attached hydrogens (tertiary/aromatic N) is 2. The highest BCUT2D eigenvalue weighted by Crippen LogP contribution is 2.27. The molecule has 0 bridgehead atoms. The molecule has 0 spiro atoms. The number of anilines is 1. The molecule has 2 amide bonds. The van der Waals surface area contributed by atoms with E-state index in [9.17, 15) is 9.59 Å². The Bertz CT molecular complexity index is 1230. The highest BCUT2D eigenvalue weighted by molar-refractivity contribution is 6.35. The standard InChI is InChI=1S/C26H23Cl2N3O2/c1-16(14-18-12-13-19(27)15-21(18)28)25(32)30-24-26(33)31(2)22-11-7-6-10-20(22)23(29-24)17-8-4-3-5-9-17/h3-13,15-16,24H,14H2,1-2H3,(H,30,32)/t16-,24+/m0/s1. The fourth-order valence-electron chi connectivity index (χ4n) is 3.83. The van der Waals surface area contributed by atoms with E-state index in [4.69, 9.17) is 28.2 Å². The molecule has 0 saturated heterocycles. The van der Waals surface area contributed by atoms with Gasteiger partial charge in [0.25, 0.3) is 5.91 Å². The Labute approximate surface area is 203 Å². The Morgan fingerprint density at radius 1 is 1.06 bits per heavy atom. The smallest absolute Gasteiger partial charge is 0.272 e. The van der Waals surface area contributed by atoms with Crippen LogP contribution in [0.4, 0.5) is 5.69 Å². The summed E-state index contributed by atoms with van der Waals surface area (Å²) in [6.07, 6.45) is -0.637. The fraction of sp³-hybridized carbons (Fsp3) is 0.192. The van der Waals surface area contributed by atoms with Crippen LogP contribution in [0, 0.1) is 5.92 Å². The maximum absolute atomic E-state index is 13.3. The predicted octanol–water partition coefficient (Wildman–Crippen LogP) is 5.13. The van der Waals surface area contributed by atoms with Gasteiger partial charge in [0.2, 0.25) is 12.1 Å².